The van der Waals surface area contributed by atoms with E-state index in [0.29, 0.717) is 14.7 Å². The fourth-order valence-corrected chi connectivity index (χ4v) is 7.31. The van der Waals surface area contributed by atoms with Gasteiger partial charge in [0.1, 0.15) is 0 Å². The maximum absolute atomic E-state index is 13.1. The summed E-state index contributed by atoms with van der Waals surface area (Å²) in [4.78, 5) is 2.05. The number of hydrogen-bond donors (Lipinski definition) is 0. The van der Waals surface area contributed by atoms with Crippen LogP contribution >= 0.6 is 10.3 Å². The minimum atomic E-state index is -4.35. The van der Waals surface area contributed by atoms with E-state index in [1.165, 1.54) is 0 Å². The molecule has 3 aromatic carbocycles. The quantitative estimate of drug-likeness (QED) is 0.597. The number of halogens is 1. The summed E-state index contributed by atoms with van der Waals surface area (Å²) in [6.45, 7) is 0. The Kier molecular flexibility index (Phi) is 5.22. The van der Waals surface area contributed by atoms with E-state index in [-0.39, 0.29) is 0 Å². The van der Waals surface area contributed by atoms with Crippen LogP contribution in [0.2, 0.25) is 0 Å². The van der Waals surface area contributed by atoms with Gasteiger partial charge in [0, 0.05) is 14.7 Å². The third kappa shape index (κ3) is 3.61. The predicted molar refractivity (Wildman–Crippen MR) is 97.7 cm³/mol. The SMILES string of the molecule is O=S(=O)(CF)OS(c1ccccc1)(c1ccccc1)c1ccccc1. The topological polar surface area (TPSA) is 43.4 Å². The summed E-state index contributed by atoms with van der Waals surface area (Å²) in [5, 5.41) is 0. The van der Waals surface area contributed by atoms with E-state index < -0.39 is 26.4 Å². The molecule has 0 bridgehead atoms. The molecule has 0 aliphatic carbocycles. The zero-order valence-corrected chi connectivity index (χ0v) is 14.9. The van der Waals surface area contributed by atoms with Gasteiger partial charge in [-0.2, -0.15) is 8.42 Å². The van der Waals surface area contributed by atoms with Crippen LogP contribution in [0.5, 0.6) is 0 Å². The van der Waals surface area contributed by atoms with Crippen molar-refractivity contribution < 1.29 is 16.4 Å². The second-order valence-electron chi connectivity index (χ2n) is 5.23. The van der Waals surface area contributed by atoms with E-state index in [1.54, 1.807) is 0 Å². The normalized spacial score (nSPS) is 12.7. The molecule has 0 amide bonds. The summed E-state index contributed by atoms with van der Waals surface area (Å²) >= 11 is 0. The van der Waals surface area contributed by atoms with Crippen LogP contribution < -0.4 is 0 Å². The van der Waals surface area contributed by atoms with Gasteiger partial charge in [0.05, 0.1) is 0 Å². The molecule has 0 radical (unpaired) electrons. The van der Waals surface area contributed by atoms with E-state index in [9.17, 15) is 12.8 Å². The average molecular weight is 376 g/mol. The Morgan fingerprint density at radius 3 is 1.24 bits per heavy atom. The highest BCUT2D eigenvalue weighted by molar-refractivity contribution is 8.33. The van der Waals surface area contributed by atoms with Crippen LogP contribution in [0.4, 0.5) is 4.39 Å². The lowest BCUT2D eigenvalue weighted by Gasteiger charge is -2.39. The molecule has 0 saturated heterocycles. The van der Waals surface area contributed by atoms with E-state index in [1.807, 2.05) is 91.0 Å². The molecule has 6 heteroatoms. The Hall–Kier alpha value is -2.15. The molecule has 0 unspecified atom stereocenters. The first-order valence-electron chi connectivity index (χ1n) is 7.57. The molecule has 130 valence electrons. The first-order valence-corrected chi connectivity index (χ1v) is 10.7. The van der Waals surface area contributed by atoms with E-state index in [4.69, 9.17) is 3.63 Å². The van der Waals surface area contributed by atoms with Crippen molar-refractivity contribution in [1.29, 1.82) is 0 Å². The second-order valence-corrected chi connectivity index (χ2v) is 9.63. The van der Waals surface area contributed by atoms with Crippen LogP contribution in [0, 0.1) is 0 Å². The molecular formula is C19H17FO3S2. The number of rotatable bonds is 6. The van der Waals surface area contributed by atoms with Crippen molar-refractivity contribution in [2.75, 3.05) is 6.01 Å². The van der Waals surface area contributed by atoms with Crippen molar-refractivity contribution in [3.63, 3.8) is 0 Å². The van der Waals surface area contributed by atoms with E-state index in [0.717, 1.165) is 0 Å². The Morgan fingerprint density at radius 2 is 0.960 bits per heavy atom. The molecular weight excluding hydrogens is 359 g/mol. The summed E-state index contributed by atoms with van der Waals surface area (Å²) < 4.78 is 43.1. The van der Waals surface area contributed by atoms with Gasteiger partial charge in [-0.1, -0.05) is 54.6 Å². The van der Waals surface area contributed by atoms with Gasteiger partial charge in [-0.3, -0.25) is 0 Å². The summed E-state index contributed by atoms with van der Waals surface area (Å²) in [6, 6.07) is 25.7. The molecule has 25 heavy (non-hydrogen) atoms. The monoisotopic (exact) mass is 376 g/mol. The van der Waals surface area contributed by atoms with Gasteiger partial charge in [0.25, 0.3) is 0 Å². The summed E-state index contributed by atoms with van der Waals surface area (Å²) in [7, 11) is -6.98. The molecule has 0 fully saturated rings. The van der Waals surface area contributed by atoms with Crippen LogP contribution in [0.1, 0.15) is 0 Å². The van der Waals surface area contributed by atoms with Gasteiger partial charge in [0.2, 0.25) is 6.01 Å². The fourth-order valence-electron chi connectivity index (χ4n) is 2.54. The number of benzene rings is 3. The van der Waals surface area contributed by atoms with E-state index in [2.05, 4.69) is 0 Å². The molecule has 0 aliphatic rings. The van der Waals surface area contributed by atoms with Crippen LogP contribution in [0.25, 0.3) is 0 Å². The van der Waals surface area contributed by atoms with E-state index >= 15 is 0 Å². The smallest absolute Gasteiger partial charge is 0.231 e. The molecule has 0 saturated carbocycles. The van der Waals surface area contributed by atoms with Gasteiger partial charge in [-0.15, -0.1) is 0 Å². The standard InChI is InChI=1S/C19H17FO3S2/c20-16-24(21,22)23-25(17-10-4-1-5-11-17,18-12-6-2-7-13-18)19-14-8-3-9-15-19/h1-15H,16H2. The maximum Gasteiger partial charge on any atom is 0.307 e. The highest BCUT2D eigenvalue weighted by Gasteiger charge is 2.37. The molecule has 0 aromatic heterocycles. The highest BCUT2D eigenvalue weighted by atomic mass is 32.3. The van der Waals surface area contributed by atoms with Gasteiger partial charge >= 0.3 is 10.1 Å². The van der Waals surface area contributed by atoms with Gasteiger partial charge in [0.15, 0.2) is 0 Å². The zero-order valence-electron chi connectivity index (χ0n) is 13.3. The fraction of sp³-hybridized carbons (Fsp3) is 0.0526. The summed E-state index contributed by atoms with van der Waals surface area (Å²) in [5.74, 6) is 0. The van der Waals surface area contributed by atoms with Crippen molar-refractivity contribution in [1.82, 2.24) is 0 Å². The number of alkyl halides is 1. The number of hydrogen-bond acceptors (Lipinski definition) is 3. The molecule has 3 rings (SSSR count). The Bertz CT molecular complexity index is 818. The first kappa shape index (κ1) is 17.7. The van der Waals surface area contributed by atoms with Crippen LogP contribution in [-0.2, 0) is 13.7 Å². The predicted octanol–water partition coefficient (Wildman–Crippen LogP) is 5.16. The molecule has 0 spiro atoms. The lowest BCUT2D eigenvalue weighted by Crippen LogP contribution is -2.15. The summed E-state index contributed by atoms with van der Waals surface area (Å²) in [5.41, 5.74) is 0. The zero-order chi connectivity index (χ0) is 17.8. The highest BCUT2D eigenvalue weighted by Crippen LogP contribution is 2.69. The lowest BCUT2D eigenvalue weighted by molar-refractivity contribution is 0.467. The molecule has 3 nitrogen and oxygen atoms in total. The maximum atomic E-state index is 13.1. The van der Waals surface area contributed by atoms with Gasteiger partial charge < -0.3 is 0 Å². The van der Waals surface area contributed by atoms with Crippen LogP contribution in [-0.4, -0.2) is 14.4 Å². The second kappa shape index (κ2) is 7.39. The van der Waals surface area contributed by atoms with Crippen molar-refractivity contribution in [2.24, 2.45) is 0 Å². The molecule has 3 aromatic rings. The third-order valence-corrected chi connectivity index (χ3v) is 8.29. The van der Waals surface area contributed by atoms with Gasteiger partial charge in [-0.25, -0.2) is 8.02 Å². The van der Waals surface area contributed by atoms with Crippen molar-refractivity contribution in [2.45, 2.75) is 14.7 Å². The largest absolute Gasteiger partial charge is 0.307 e. The Labute approximate surface area is 148 Å². The minimum absolute atomic E-state index is 0.685. The van der Waals surface area contributed by atoms with Gasteiger partial charge in [-0.05, 0) is 46.7 Å². The van der Waals surface area contributed by atoms with Crippen LogP contribution in [0.3, 0.4) is 0 Å². The summed E-state index contributed by atoms with van der Waals surface area (Å²) in [6.07, 6.45) is 0. The molecule has 0 heterocycles. The lowest BCUT2D eigenvalue weighted by atomic mass is 10.4. The van der Waals surface area contributed by atoms with Crippen LogP contribution in [0.15, 0.2) is 106 Å². The van der Waals surface area contributed by atoms with Crippen molar-refractivity contribution >= 4 is 20.4 Å². The van der Waals surface area contributed by atoms with Crippen molar-refractivity contribution in [3.05, 3.63) is 91.0 Å². The Balaban J connectivity index is 2.36. The molecule has 0 atom stereocenters. The average Bonchev–Trinajstić information content (AvgIpc) is 2.68. The van der Waals surface area contributed by atoms with Crippen molar-refractivity contribution in [3.8, 4) is 0 Å². The molecule has 0 N–H and O–H groups in total. The Morgan fingerprint density at radius 1 is 0.640 bits per heavy atom. The third-order valence-electron chi connectivity index (χ3n) is 3.56. The minimum Gasteiger partial charge on any atom is -0.231 e. The first-order chi connectivity index (χ1) is 12.1. The molecule has 0 aliphatic heterocycles.